The van der Waals surface area contributed by atoms with Gasteiger partial charge in [0.2, 0.25) is 0 Å². The van der Waals surface area contributed by atoms with E-state index in [1.165, 1.54) is 7.11 Å². The van der Waals surface area contributed by atoms with Crippen LogP contribution in [-0.4, -0.2) is 24.1 Å². The van der Waals surface area contributed by atoms with Crippen molar-refractivity contribution in [2.24, 2.45) is 0 Å². The fraction of sp³-hybridized carbons (Fsp3) is 0.308. The van der Waals surface area contributed by atoms with Gasteiger partial charge in [0.15, 0.2) is 0 Å². The van der Waals surface area contributed by atoms with Gasteiger partial charge in [-0.25, -0.2) is 0 Å². The maximum atomic E-state index is 11.3. The second-order valence-corrected chi connectivity index (χ2v) is 4.57. The molecule has 0 saturated heterocycles. The van der Waals surface area contributed by atoms with E-state index in [9.17, 15) is 4.79 Å². The van der Waals surface area contributed by atoms with Crippen LogP contribution in [0.3, 0.4) is 0 Å². The summed E-state index contributed by atoms with van der Waals surface area (Å²) >= 11 is 5.92. The second-order valence-electron chi connectivity index (χ2n) is 4.13. The number of carbonyl (C=O) groups excluding carboxylic acids is 1. The highest BCUT2D eigenvalue weighted by Crippen LogP contribution is 2.21. The van der Waals surface area contributed by atoms with Crippen LogP contribution in [0.15, 0.2) is 24.4 Å². The molecule has 5 heteroatoms. The molecule has 2 N–H and O–H groups in total. The molecule has 1 heterocycles. The second kappa shape index (κ2) is 5.42. The standard InChI is InChI=1S/C13H15ClN2O2/c1-8(13(17)18-2)15-6-9-7-16-12-5-10(14)3-4-11(9)12/h3-5,7-8,15-16H,6H2,1-2H3. The minimum Gasteiger partial charge on any atom is -0.468 e. The first-order chi connectivity index (χ1) is 8.61. The van der Waals surface area contributed by atoms with E-state index < -0.39 is 0 Å². The predicted octanol–water partition coefficient (Wildman–Crippen LogP) is 2.47. The van der Waals surface area contributed by atoms with Crippen molar-refractivity contribution >= 4 is 28.5 Å². The summed E-state index contributed by atoms with van der Waals surface area (Å²) in [5, 5.41) is 4.92. The Labute approximate surface area is 110 Å². The SMILES string of the molecule is COC(=O)C(C)NCc1c[nH]c2cc(Cl)ccc12. The van der Waals surface area contributed by atoms with Gasteiger partial charge in [0.25, 0.3) is 0 Å². The number of fused-ring (bicyclic) bond motifs is 1. The lowest BCUT2D eigenvalue weighted by molar-refractivity contribution is -0.142. The van der Waals surface area contributed by atoms with Gasteiger partial charge in [-0.15, -0.1) is 0 Å². The first-order valence-electron chi connectivity index (χ1n) is 5.68. The molecule has 2 aromatic rings. The van der Waals surface area contributed by atoms with Crippen LogP contribution in [-0.2, 0) is 16.1 Å². The third-order valence-corrected chi connectivity index (χ3v) is 3.12. The quantitative estimate of drug-likeness (QED) is 0.836. The van der Waals surface area contributed by atoms with Gasteiger partial charge in [0.1, 0.15) is 6.04 Å². The van der Waals surface area contributed by atoms with Gasteiger partial charge >= 0.3 is 5.97 Å². The Balaban J connectivity index is 2.10. The number of methoxy groups -OCH3 is 1. The molecular formula is C13H15ClN2O2. The van der Waals surface area contributed by atoms with Crippen molar-refractivity contribution in [3.8, 4) is 0 Å². The van der Waals surface area contributed by atoms with Crippen LogP contribution < -0.4 is 5.32 Å². The van der Waals surface area contributed by atoms with Crippen LogP contribution in [0.5, 0.6) is 0 Å². The number of aromatic nitrogens is 1. The number of carbonyl (C=O) groups is 1. The fourth-order valence-corrected chi connectivity index (χ4v) is 2.00. The van der Waals surface area contributed by atoms with E-state index in [0.29, 0.717) is 11.6 Å². The Bertz CT molecular complexity index is 565. The van der Waals surface area contributed by atoms with Crippen LogP contribution in [0.1, 0.15) is 12.5 Å². The normalized spacial score (nSPS) is 12.6. The number of halogens is 1. The fourth-order valence-electron chi connectivity index (χ4n) is 1.83. The third-order valence-electron chi connectivity index (χ3n) is 2.88. The number of ether oxygens (including phenoxy) is 1. The minimum absolute atomic E-state index is 0.266. The average molecular weight is 267 g/mol. The number of rotatable bonds is 4. The third kappa shape index (κ3) is 2.66. The largest absolute Gasteiger partial charge is 0.468 e. The lowest BCUT2D eigenvalue weighted by Crippen LogP contribution is -2.34. The van der Waals surface area contributed by atoms with Gasteiger partial charge in [-0.1, -0.05) is 17.7 Å². The molecular weight excluding hydrogens is 252 g/mol. The Morgan fingerprint density at radius 1 is 1.56 bits per heavy atom. The number of esters is 1. The molecule has 1 atom stereocenters. The first-order valence-corrected chi connectivity index (χ1v) is 6.06. The monoisotopic (exact) mass is 266 g/mol. The molecule has 0 aliphatic heterocycles. The first kappa shape index (κ1) is 12.9. The molecule has 0 fully saturated rings. The molecule has 1 aromatic heterocycles. The lowest BCUT2D eigenvalue weighted by atomic mass is 10.1. The smallest absolute Gasteiger partial charge is 0.322 e. The molecule has 0 radical (unpaired) electrons. The molecule has 0 amide bonds. The zero-order valence-electron chi connectivity index (χ0n) is 10.3. The van der Waals surface area contributed by atoms with E-state index in [1.54, 1.807) is 6.92 Å². The van der Waals surface area contributed by atoms with Crippen molar-refractivity contribution in [2.75, 3.05) is 7.11 Å². The number of benzene rings is 1. The van der Waals surface area contributed by atoms with Crippen molar-refractivity contribution in [1.82, 2.24) is 10.3 Å². The Kier molecular flexibility index (Phi) is 3.89. The van der Waals surface area contributed by atoms with E-state index in [-0.39, 0.29) is 12.0 Å². The maximum absolute atomic E-state index is 11.3. The number of nitrogens with one attached hydrogen (secondary N) is 2. The minimum atomic E-state index is -0.327. The van der Waals surface area contributed by atoms with Crippen molar-refractivity contribution in [1.29, 1.82) is 0 Å². The number of aromatic amines is 1. The number of hydrogen-bond acceptors (Lipinski definition) is 3. The number of H-pyrrole nitrogens is 1. The lowest BCUT2D eigenvalue weighted by Gasteiger charge is -2.10. The van der Waals surface area contributed by atoms with E-state index in [4.69, 9.17) is 11.6 Å². The molecule has 1 unspecified atom stereocenters. The molecule has 18 heavy (non-hydrogen) atoms. The Morgan fingerprint density at radius 3 is 3.06 bits per heavy atom. The van der Waals surface area contributed by atoms with Gasteiger partial charge in [-0.3, -0.25) is 4.79 Å². The van der Waals surface area contributed by atoms with Gasteiger partial charge in [0.05, 0.1) is 7.11 Å². The van der Waals surface area contributed by atoms with E-state index in [0.717, 1.165) is 16.5 Å². The molecule has 0 aliphatic carbocycles. The van der Waals surface area contributed by atoms with Crippen LogP contribution in [0.25, 0.3) is 10.9 Å². The zero-order valence-corrected chi connectivity index (χ0v) is 11.0. The topological polar surface area (TPSA) is 54.1 Å². The molecule has 2 rings (SSSR count). The summed E-state index contributed by atoms with van der Waals surface area (Å²) in [5.74, 6) is -0.266. The van der Waals surface area contributed by atoms with Gasteiger partial charge in [-0.2, -0.15) is 0 Å². The summed E-state index contributed by atoms with van der Waals surface area (Å²) in [4.78, 5) is 14.4. The molecule has 0 aliphatic rings. The molecule has 0 bridgehead atoms. The summed E-state index contributed by atoms with van der Waals surface area (Å²) in [6.45, 7) is 2.37. The van der Waals surface area contributed by atoms with Crippen LogP contribution in [0.4, 0.5) is 0 Å². The summed E-state index contributed by atoms with van der Waals surface area (Å²) in [6, 6.07) is 5.37. The molecule has 0 spiro atoms. The molecule has 96 valence electrons. The van der Waals surface area contributed by atoms with Crippen molar-refractivity contribution in [2.45, 2.75) is 19.5 Å². The average Bonchev–Trinajstić information content (AvgIpc) is 2.77. The zero-order chi connectivity index (χ0) is 13.1. The summed E-state index contributed by atoms with van der Waals surface area (Å²) in [5.41, 5.74) is 2.09. The van der Waals surface area contributed by atoms with Crippen LogP contribution in [0.2, 0.25) is 5.02 Å². The summed E-state index contributed by atoms with van der Waals surface area (Å²) in [6.07, 6.45) is 1.91. The molecule has 0 saturated carbocycles. The molecule has 1 aromatic carbocycles. The predicted molar refractivity (Wildman–Crippen MR) is 71.6 cm³/mol. The van der Waals surface area contributed by atoms with Gasteiger partial charge in [0, 0.05) is 28.7 Å². The Morgan fingerprint density at radius 2 is 2.33 bits per heavy atom. The van der Waals surface area contributed by atoms with Crippen LogP contribution in [0, 0.1) is 0 Å². The van der Waals surface area contributed by atoms with E-state index in [2.05, 4.69) is 15.0 Å². The van der Waals surface area contributed by atoms with Crippen molar-refractivity contribution in [3.63, 3.8) is 0 Å². The molecule has 4 nitrogen and oxygen atoms in total. The van der Waals surface area contributed by atoms with Crippen molar-refractivity contribution in [3.05, 3.63) is 35.0 Å². The van der Waals surface area contributed by atoms with Crippen molar-refractivity contribution < 1.29 is 9.53 Å². The highest BCUT2D eigenvalue weighted by atomic mass is 35.5. The van der Waals surface area contributed by atoms with E-state index in [1.807, 2.05) is 24.4 Å². The highest BCUT2D eigenvalue weighted by molar-refractivity contribution is 6.31. The van der Waals surface area contributed by atoms with Gasteiger partial charge < -0.3 is 15.0 Å². The summed E-state index contributed by atoms with van der Waals surface area (Å²) < 4.78 is 4.66. The Hall–Kier alpha value is -1.52. The highest BCUT2D eigenvalue weighted by Gasteiger charge is 2.13. The maximum Gasteiger partial charge on any atom is 0.322 e. The summed E-state index contributed by atoms with van der Waals surface area (Å²) in [7, 11) is 1.38. The van der Waals surface area contributed by atoms with E-state index >= 15 is 0 Å². The van der Waals surface area contributed by atoms with Gasteiger partial charge in [-0.05, 0) is 24.6 Å². The van der Waals surface area contributed by atoms with Crippen LogP contribution >= 0.6 is 11.6 Å². The number of hydrogen-bond donors (Lipinski definition) is 2.